The number of ketones is 1. The molecule has 0 amide bonds. The first-order valence-electron chi connectivity index (χ1n) is 6.89. The van der Waals surface area contributed by atoms with Gasteiger partial charge in [-0.05, 0) is 32.5 Å². The van der Waals surface area contributed by atoms with Gasteiger partial charge < -0.3 is 14.5 Å². The zero-order valence-electron chi connectivity index (χ0n) is 11.3. The van der Waals surface area contributed by atoms with Crippen LogP contribution >= 0.6 is 0 Å². The number of ether oxygens (including phenoxy) is 2. The van der Waals surface area contributed by atoms with Crippen LogP contribution in [0.25, 0.3) is 10.9 Å². The third-order valence-corrected chi connectivity index (χ3v) is 4.26. The zero-order valence-corrected chi connectivity index (χ0v) is 11.3. The van der Waals surface area contributed by atoms with Crippen molar-refractivity contribution in [3.8, 4) is 11.5 Å². The normalized spacial score (nSPS) is 21.8. The molecule has 0 spiro atoms. The van der Waals surface area contributed by atoms with Gasteiger partial charge in [0.05, 0.1) is 11.6 Å². The van der Waals surface area contributed by atoms with Gasteiger partial charge in [-0.1, -0.05) is 0 Å². The summed E-state index contributed by atoms with van der Waals surface area (Å²) in [6, 6.07) is 3.79. The van der Waals surface area contributed by atoms with Crippen LogP contribution in [0.5, 0.6) is 11.5 Å². The minimum atomic E-state index is -0.000534. The number of likely N-dealkylation sites (tertiary alicyclic amines) is 1. The Kier molecular flexibility index (Phi) is 2.50. The number of benzene rings is 1. The molecule has 1 N–H and O–H groups in total. The number of fused-ring (bicyclic) bond motifs is 2. The lowest BCUT2D eigenvalue weighted by Gasteiger charge is -2.17. The van der Waals surface area contributed by atoms with Crippen molar-refractivity contribution in [1.29, 1.82) is 0 Å². The topological polar surface area (TPSA) is 54.6 Å². The van der Waals surface area contributed by atoms with Crippen molar-refractivity contribution in [3.05, 3.63) is 23.9 Å². The Labute approximate surface area is 116 Å². The quantitative estimate of drug-likeness (QED) is 0.851. The first kappa shape index (κ1) is 11.8. The van der Waals surface area contributed by atoms with Crippen LogP contribution in [0.1, 0.15) is 23.2 Å². The molecule has 2 aliphatic heterocycles. The van der Waals surface area contributed by atoms with Crippen LogP contribution in [-0.2, 0) is 0 Å². The fraction of sp³-hybridized carbons (Fsp3) is 0.400. The summed E-state index contributed by atoms with van der Waals surface area (Å²) in [6.45, 7) is 1.24. The van der Waals surface area contributed by atoms with E-state index in [4.69, 9.17) is 9.47 Å². The van der Waals surface area contributed by atoms with Gasteiger partial charge in [0.1, 0.15) is 0 Å². The zero-order chi connectivity index (χ0) is 13.7. The van der Waals surface area contributed by atoms with Gasteiger partial charge in [0.2, 0.25) is 6.79 Å². The van der Waals surface area contributed by atoms with Crippen molar-refractivity contribution < 1.29 is 14.3 Å². The van der Waals surface area contributed by atoms with E-state index >= 15 is 0 Å². The second kappa shape index (κ2) is 4.24. The number of aromatic nitrogens is 1. The summed E-state index contributed by atoms with van der Waals surface area (Å²) < 4.78 is 10.8. The summed E-state index contributed by atoms with van der Waals surface area (Å²) in [6.07, 6.45) is 3.82. The van der Waals surface area contributed by atoms with Crippen LogP contribution < -0.4 is 9.47 Å². The molecule has 1 aromatic carbocycles. The molecule has 0 bridgehead atoms. The number of nitrogens with one attached hydrogen (secondary N) is 1. The first-order chi connectivity index (χ1) is 9.74. The Morgan fingerprint density at radius 1 is 1.35 bits per heavy atom. The summed E-state index contributed by atoms with van der Waals surface area (Å²) in [7, 11) is 2.01. The van der Waals surface area contributed by atoms with E-state index in [0.717, 1.165) is 41.6 Å². The van der Waals surface area contributed by atoms with Crippen molar-refractivity contribution in [2.75, 3.05) is 20.4 Å². The highest BCUT2D eigenvalue weighted by Crippen LogP contribution is 2.37. The predicted molar refractivity (Wildman–Crippen MR) is 74.4 cm³/mol. The van der Waals surface area contributed by atoms with Crippen molar-refractivity contribution in [3.63, 3.8) is 0 Å². The Balaban J connectivity index is 1.78. The second-order valence-corrected chi connectivity index (χ2v) is 5.46. The Bertz CT molecular complexity index is 692. The van der Waals surface area contributed by atoms with Crippen molar-refractivity contribution in [1.82, 2.24) is 9.88 Å². The van der Waals surface area contributed by atoms with Gasteiger partial charge in [-0.2, -0.15) is 0 Å². The van der Waals surface area contributed by atoms with Gasteiger partial charge in [-0.25, -0.2) is 0 Å². The largest absolute Gasteiger partial charge is 0.454 e. The number of likely N-dealkylation sites (N-methyl/N-ethyl adjacent to an activating group) is 1. The van der Waals surface area contributed by atoms with Gasteiger partial charge >= 0.3 is 0 Å². The summed E-state index contributed by atoms with van der Waals surface area (Å²) in [5.41, 5.74) is 1.66. The molecule has 0 radical (unpaired) electrons. The number of rotatable bonds is 2. The maximum absolute atomic E-state index is 12.7. The maximum atomic E-state index is 12.7. The summed E-state index contributed by atoms with van der Waals surface area (Å²) in [5.74, 6) is 1.64. The van der Waals surface area contributed by atoms with Gasteiger partial charge in [0.15, 0.2) is 17.3 Å². The summed E-state index contributed by atoms with van der Waals surface area (Å²) >= 11 is 0. The second-order valence-electron chi connectivity index (χ2n) is 5.46. The molecule has 2 aliphatic rings. The third kappa shape index (κ3) is 1.63. The highest BCUT2D eigenvalue weighted by Gasteiger charge is 2.30. The van der Waals surface area contributed by atoms with Gasteiger partial charge in [0.25, 0.3) is 0 Å². The highest BCUT2D eigenvalue weighted by molar-refractivity contribution is 6.11. The number of hydrogen-bond acceptors (Lipinski definition) is 4. The first-order valence-corrected chi connectivity index (χ1v) is 6.89. The monoisotopic (exact) mass is 272 g/mol. The minimum absolute atomic E-state index is 0.000534. The molecule has 3 heterocycles. The summed E-state index contributed by atoms with van der Waals surface area (Å²) in [4.78, 5) is 18.0. The van der Waals surface area contributed by atoms with E-state index in [9.17, 15) is 4.79 Å². The van der Waals surface area contributed by atoms with E-state index in [-0.39, 0.29) is 18.6 Å². The van der Waals surface area contributed by atoms with Crippen LogP contribution in [0.3, 0.4) is 0 Å². The fourth-order valence-corrected chi connectivity index (χ4v) is 3.14. The molecule has 0 aliphatic carbocycles. The van der Waals surface area contributed by atoms with Gasteiger partial charge in [-0.3, -0.25) is 9.69 Å². The SMILES string of the molecule is CN1CCC[C@H]1C(=O)c1c[nH]c2cc3c(cc12)OCO3. The molecular weight excluding hydrogens is 256 g/mol. The molecule has 2 aromatic rings. The Morgan fingerprint density at radius 3 is 2.90 bits per heavy atom. The van der Waals surface area contributed by atoms with Gasteiger partial charge in [0, 0.05) is 23.2 Å². The number of carbonyl (C=O) groups is 1. The molecule has 0 unspecified atom stereocenters. The Morgan fingerprint density at radius 2 is 2.15 bits per heavy atom. The van der Waals surface area contributed by atoms with E-state index in [0.29, 0.717) is 5.75 Å². The minimum Gasteiger partial charge on any atom is -0.454 e. The summed E-state index contributed by atoms with van der Waals surface area (Å²) in [5, 5.41) is 0.916. The van der Waals surface area contributed by atoms with E-state index in [1.54, 1.807) is 6.20 Å². The fourth-order valence-electron chi connectivity index (χ4n) is 3.14. The highest BCUT2D eigenvalue weighted by atomic mass is 16.7. The smallest absolute Gasteiger partial charge is 0.231 e. The van der Waals surface area contributed by atoms with E-state index in [1.165, 1.54) is 0 Å². The van der Waals surface area contributed by atoms with Gasteiger partial charge in [-0.15, -0.1) is 0 Å². The van der Waals surface area contributed by atoms with E-state index in [2.05, 4.69) is 9.88 Å². The molecule has 1 aromatic heterocycles. The lowest BCUT2D eigenvalue weighted by Crippen LogP contribution is -2.32. The molecule has 1 fully saturated rings. The number of hydrogen-bond donors (Lipinski definition) is 1. The molecule has 5 nitrogen and oxygen atoms in total. The lowest BCUT2D eigenvalue weighted by molar-refractivity contribution is 0.0892. The number of aromatic amines is 1. The standard InChI is InChI=1S/C15H16N2O3/c1-17-4-2-3-12(17)15(18)10-7-16-11-6-14-13(5-9(10)11)19-8-20-14/h5-7,12,16H,2-4,8H2,1H3/t12-/m0/s1. The molecule has 5 heteroatoms. The van der Waals surface area contributed by atoms with Crippen molar-refractivity contribution >= 4 is 16.7 Å². The van der Waals surface area contributed by atoms with E-state index < -0.39 is 0 Å². The predicted octanol–water partition coefficient (Wildman–Crippen LogP) is 2.17. The molecule has 20 heavy (non-hydrogen) atoms. The number of H-pyrrole nitrogens is 1. The van der Waals surface area contributed by atoms with E-state index in [1.807, 2.05) is 19.2 Å². The number of nitrogens with zero attached hydrogens (tertiary/aromatic N) is 1. The molecule has 0 saturated carbocycles. The van der Waals surface area contributed by atoms with Crippen LogP contribution in [-0.4, -0.2) is 42.1 Å². The lowest BCUT2D eigenvalue weighted by atomic mass is 10.0. The van der Waals surface area contributed by atoms with Crippen LogP contribution in [0, 0.1) is 0 Å². The van der Waals surface area contributed by atoms with Crippen molar-refractivity contribution in [2.45, 2.75) is 18.9 Å². The maximum Gasteiger partial charge on any atom is 0.231 e. The third-order valence-electron chi connectivity index (χ3n) is 4.26. The average molecular weight is 272 g/mol. The number of carbonyl (C=O) groups excluding carboxylic acids is 1. The van der Waals surface area contributed by atoms with Crippen LogP contribution in [0.4, 0.5) is 0 Å². The molecule has 1 atom stereocenters. The molecule has 4 rings (SSSR count). The molecule has 104 valence electrons. The molecular formula is C15H16N2O3. The average Bonchev–Trinajstić information content (AvgIpc) is 3.13. The molecule has 1 saturated heterocycles. The van der Waals surface area contributed by atoms with Crippen molar-refractivity contribution in [2.24, 2.45) is 0 Å². The van der Waals surface area contributed by atoms with Crippen LogP contribution in [0.15, 0.2) is 18.3 Å². The van der Waals surface area contributed by atoms with Crippen LogP contribution in [0.2, 0.25) is 0 Å². The Hall–Kier alpha value is -2.01. The number of Topliss-reactive ketones (excluding diaryl/α,β-unsaturated/α-hetero) is 1.